The number of aliphatic imine (C=N–C) groups is 1. The van der Waals surface area contributed by atoms with Gasteiger partial charge in [0.25, 0.3) is 0 Å². The lowest BCUT2D eigenvalue weighted by atomic mass is 10.3. The van der Waals surface area contributed by atoms with Gasteiger partial charge in [-0.2, -0.15) is 0 Å². The number of benzene rings is 1. The molecular formula is C11H9NO6S. The van der Waals surface area contributed by atoms with E-state index in [-0.39, 0.29) is 16.5 Å². The van der Waals surface area contributed by atoms with E-state index in [1.807, 2.05) is 0 Å². The van der Waals surface area contributed by atoms with Crippen LogP contribution < -0.4 is 4.74 Å². The first-order valence-corrected chi connectivity index (χ1v) is 6.62. The van der Waals surface area contributed by atoms with Gasteiger partial charge in [-0.05, 0) is 12.1 Å². The summed E-state index contributed by atoms with van der Waals surface area (Å²) in [5.41, 5.74) is -0.547. The summed E-state index contributed by atoms with van der Waals surface area (Å²) in [5, 5.41) is 18.1. The minimum absolute atomic E-state index is 0.0296. The van der Waals surface area contributed by atoms with Gasteiger partial charge in [0.05, 0.1) is 5.41 Å². The number of hydrogen-bond donors (Lipinski definition) is 2. The molecule has 0 radical (unpaired) electrons. The van der Waals surface area contributed by atoms with E-state index in [1.165, 1.54) is 24.3 Å². The van der Waals surface area contributed by atoms with Crippen molar-refractivity contribution in [2.24, 2.45) is 4.99 Å². The quantitative estimate of drug-likeness (QED) is 0.833. The molecular weight excluding hydrogens is 274 g/mol. The Morgan fingerprint density at radius 1 is 1.37 bits per heavy atom. The number of sulfone groups is 1. The zero-order chi connectivity index (χ0) is 14.0. The third-order valence-electron chi connectivity index (χ3n) is 2.24. The monoisotopic (exact) mass is 283 g/mol. The van der Waals surface area contributed by atoms with E-state index in [0.717, 1.165) is 0 Å². The van der Waals surface area contributed by atoms with Crippen LogP contribution in [0.25, 0.3) is 0 Å². The fourth-order valence-electron chi connectivity index (χ4n) is 1.37. The van der Waals surface area contributed by atoms with Crippen LogP contribution in [-0.2, 0) is 14.6 Å². The van der Waals surface area contributed by atoms with E-state index in [1.54, 1.807) is 0 Å². The van der Waals surface area contributed by atoms with Crippen LogP contribution >= 0.6 is 0 Å². The highest BCUT2D eigenvalue weighted by atomic mass is 32.2. The summed E-state index contributed by atoms with van der Waals surface area (Å²) in [6.45, 7) is -0.404. The molecule has 8 heteroatoms. The number of aromatic hydroxyl groups is 1. The second kappa shape index (κ2) is 4.73. The van der Waals surface area contributed by atoms with E-state index in [4.69, 9.17) is 9.84 Å². The van der Waals surface area contributed by atoms with Crippen molar-refractivity contribution in [1.29, 1.82) is 0 Å². The largest absolute Gasteiger partial charge is 0.508 e. The summed E-state index contributed by atoms with van der Waals surface area (Å²) in [5.74, 6) is -1.20. The van der Waals surface area contributed by atoms with Gasteiger partial charge in [-0.3, -0.25) is 0 Å². The van der Waals surface area contributed by atoms with Crippen LogP contribution in [0.15, 0.2) is 40.4 Å². The summed E-state index contributed by atoms with van der Waals surface area (Å²) in [4.78, 5) is 14.1. The van der Waals surface area contributed by atoms with Crippen molar-refractivity contribution < 1.29 is 28.2 Å². The Hall–Kier alpha value is -2.35. The Balaban J connectivity index is 2.13. The fourth-order valence-corrected chi connectivity index (χ4v) is 2.40. The Morgan fingerprint density at radius 2 is 2.11 bits per heavy atom. The van der Waals surface area contributed by atoms with Crippen LogP contribution in [0.1, 0.15) is 0 Å². The third-order valence-corrected chi connectivity index (χ3v) is 3.64. The lowest BCUT2D eigenvalue weighted by molar-refractivity contribution is -0.132. The van der Waals surface area contributed by atoms with Crippen molar-refractivity contribution in [3.8, 4) is 11.5 Å². The lowest BCUT2D eigenvalue weighted by Gasteiger charge is -2.05. The van der Waals surface area contributed by atoms with E-state index in [0.29, 0.717) is 5.41 Å². The Kier molecular flexibility index (Phi) is 3.26. The molecule has 0 fully saturated rings. The van der Waals surface area contributed by atoms with E-state index < -0.39 is 28.1 Å². The van der Waals surface area contributed by atoms with Gasteiger partial charge in [0.15, 0.2) is 10.7 Å². The van der Waals surface area contributed by atoms with Crippen molar-refractivity contribution in [3.63, 3.8) is 0 Å². The zero-order valence-electron chi connectivity index (χ0n) is 9.48. The minimum atomic E-state index is -3.84. The Labute approximate surface area is 108 Å². The molecule has 0 unspecified atom stereocenters. The van der Waals surface area contributed by atoms with Gasteiger partial charge in [-0.25, -0.2) is 18.2 Å². The number of nitrogens with zero attached hydrogens (tertiary/aromatic N) is 1. The van der Waals surface area contributed by atoms with Crippen molar-refractivity contribution in [3.05, 3.63) is 35.4 Å². The standard InChI is InChI=1S/C11H9NO6S/c13-7-2-1-3-8(4-7)18-5-10-12-9(11(14)15)6-19(10,16)17/h1-4,6,13H,5H2,(H,14,15). The predicted octanol–water partition coefficient (Wildman–Crippen LogP) is 0.524. The summed E-state index contributed by atoms with van der Waals surface area (Å²) in [6, 6.07) is 5.78. The van der Waals surface area contributed by atoms with Gasteiger partial charge in [-0.1, -0.05) is 6.07 Å². The average molecular weight is 283 g/mol. The molecule has 0 saturated carbocycles. The molecule has 0 spiro atoms. The summed E-state index contributed by atoms with van der Waals surface area (Å²) in [6.07, 6.45) is 0. The maximum Gasteiger partial charge on any atom is 0.355 e. The van der Waals surface area contributed by atoms with Gasteiger partial charge in [0, 0.05) is 6.07 Å². The highest BCUT2D eigenvalue weighted by Gasteiger charge is 2.28. The molecule has 2 rings (SSSR count). The molecule has 1 aliphatic heterocycles. The van der Waals surface area contributed by atoms with Crippen molar-refractivity contribution in [2.45, 2.75) is 0 Å². The minimum Gasteiger partial charge on any atom is -0.508 e. The van der Waals surface area contributed by atoms with Crippen molar-refractivity contribution in [2.75, 3.05) is 6.61 Å². The van der Waals surface area contributed by atoms with Crippen LogP contribution in [0, 0.1) is 0 Å². The number of carboxylic acids is 1. The molecule has 0 aromatic heterocycles. The van der Waals surface area contributed by atoms with Gasteiger partial charge in [0.1, 0.15) is 18.1 Å². The molecule has 1 heterocycles. The molecule has 0 bridgehead atoms. The van der Waals surface area contributed by atoms with Crippen LogP contribution in [-0.4, -0.2) is 36.3 Å². The molecule has 2 N–H and O–H groups in total. The van der Waals surface area contributed by atoms with E-state index in [9.17, 15) is 18.3 Å². The second-order valence-electron chi connectivity index (χ2n) is 3.64. The molecule has 0 aliphatic carbocycles. The number of hydrogen-bond acceptors (Lipinski definition) is 6. The van der Waals surface area contributed by atoms with Crippen LogP contribution in [0.2, 0.25) is 0 Å². The molecule has 1 aromatic rings. The van der Waals surface area contributed by atoms with Crippen LogP contribution in [0.3, 0.4) is 0 Å². The normalized spacial score (nSPS) is 16.6. The number of phenols is 1. The molecule has 100 valence electrons. The number of ether oxygens (including phenoxy) is 1. The predicted molar refractivity (Wildman–Crippen MR) is 65.7 cm³/mol. The topological polar surface area (TPSA) is 113 Å². The molecule has 7 nitrogen and oxygen atoms in total. The first-order chi connectivity index (χ1) is 8.88. The second-order valence-corrected chi connectivity index (χ2v) is 5.44. The van der Waals surface area contributed by atoms with Crippen LogP contribution in [0.5, 0.6) is 11.5 Å². The highest BCUT2D eigenvalue weighted by molar-refractivity contribution is 8.09. The number of carbonyl (C=O) groups is 1. The maximum absolute atomic E-state index is 11.6. The van der Waals surface area contributed by atoms with Gasteiger partial charge < -0.3 is 14.9 Å². The summed E-state index contributed by atoms with van der Waals surface area (Å²) in [7, 11) is -3.84. The summed E-state index contributed by atoms with van der Waals surface area (Å²) < 4.78 is 28.3. The molecule has 1 aromatic carbocycles. The lowest BCUT2D eigenvalue weighted by Crippen LogP contribution is -2.17. The van der Waals surface area contributed by atoms with Crippen molar-refractivity contribution >= 4 is 20.9 Å². The molecule has 1 aliphatic rings. The fraction of sp³-hybridized carbons (Fsp3) is 0.0909. The van der Waals surface area contributed by atoms with Crippen LogP contribution in [0.4, 0.5) is 0 Å². The summed E-state index contributed by atoms with van der Waals surface area (Å²) >= 11 is 0. The molecule has 19 heavy (non-hydrogen) atoms. The first-order valence-electron chi connectivity index (χ1n) is 5.08. The number of phenolic OH excluding ortho intramolecular Hbond substituents is 1. The number of carboxylic acid groups (broad SMARTS) is 1. The average Bonchev–Trinajstić information content (AvgIpc) is 2.62. The number of rotatable bonds is 4. The van der Waals surface area contributed by atoms with Gasteiger partial charge in [-0.15, -0.1) is 0 Å². The molecule has 0 saturated heterocycles. The maximum atomic E-state index is 11.6. The third kappa shape index (κ3) is 2.91. The number of aliphatic carboxylic acids is 1. The van der Waals surface area contributed by atoms with E-state index in [2.05, 4.69) is 4.99 Å². The molecule has 0 atom stereocenters. The SMILES string of the molecule is O=C(O)C1=CS(=O)(=O)C(COc2cccc(O)c2)=N1. The smallest absolute Gasteiger partial charge is 0.355 e. The van der Waals surface area contributed by atoms with Crippen molar-refractivity contribution in [1.82, 2.24) is 0 Å². The zero-order valence-corrected chi connectivity index (χ0v) is 10.3. The Morgan fingerprint density at radius 3 is 2.68 bits per heavy atom. The van der Waals surface area contributed by atoms with E-state index >= 15 is 0 Å². The highest BCUT2D eigenvalue weighted by Crippen LogP contribution is 2.20. The first kappa shape index (κ1) is 13.1. The molecule has 0 amide bonds. The van der Waals surface area contributed by atoms with Gasteiger partial charge in [0.2, 0.25) is 9.84 Å². The van der Waals surface area contributed by atoms with Gasteiger partial charge >= 0.3 is 5.97 Å². The Bertz CT molecular complexity index is 689.